The van der Waals surface area contributed by atoms with Crippen LogP contribution in [0.25, 0.3) is 0 Å². The molecule has 1 saturated heterocycles. The predicted octanol–water partition coefficient (Wildman–Crippen LogP) is 3.89. The van der Waals surface area contributed by atoms with Crippen LogP contribution >= 0.6 is 27.7 Å². The summed E-state index contributed by atoms with van der Waals surface area (Å²) in [6.45, 7) is 10.1. The van der Waals surface area contributed by atoms with Crippen LogP contribution in [0.5, 0.6) is 0 Å². The zero-order chi connectivity index (χ0) is 14.4. The van der Waals surface area contributed by atoms with Crippen molar-refractivity contribution in [1.82, 2.24) is 10.2 Å². The van der Waals surface area contributed by atoms with E-state index in [1.807, 2.05) is 0 Å². The molecule has 1 heterocycles. The van der Waals surface area contributed by atoms with Gasteiger partial charge in [0, 0.05) is 41.7 Å². The van der Waals surface area contributed by atoms with E-state index in [0.717, 1.165) is 24.9 Å². The van der Waals surface area contributed by atoms with Gasteiger partial charge in [-0.1, -0.05) is 41.9 Å². The van der Waals surface area contributed by atoms with Gasteiger partial charge in [0.15, 0.2) is 0 Å². The molecule has 0 spiro atoms. The minimum atomic E-state index is 0.764. The standard InChI is InChI=1S/C16H25BrN2S/c1-3-6-18-10-14-4-5-15(16(17)9-14)12-19-7-8-20-13(2)11-19/h4-5,9,13,18H,3,6-8,10-12H2,1-2H3. The number of nitrogens with zero attached hydrogens (tertiary/aromatic N) is 1. The molecule has 1 N–H and O–H groups in total. The third kappa shape index (κ3) is 5.06. The SMILES string of the molecule is CCCNCc1ccc(CN2CCSC(C)C2)c(Br)c1. The highest BCUT2D eigenvalue weighted by atomic mass is 79.9. The van der Waals surface area contributed by atoms with E-state index in [1.54, 1.807) is 0 Å². The summed E-state index contributed by atoms with van der Waals surface area (Å²) < 4.78 is 1.25. The number of halogens is 1. The monoisotopic (exact) mass is 356 g/mol. The van der Waals surface area contributed by atoms with Gasteiger partial charge in [0.1, 0.15) is 0 Å². The molecule has 1 fully saturated rings. The van der Waals surface area contributed by atoms with Gasteiger partial charge in [-0.25, -0.2) is 0 Å². The van der Waals surface area contributed by atoms with Crippen LogP contribution in [0.4, 0.5) is 0 Å². The lowest BCUT2D eigenvalue weighted by Gasteiger charge is -2.30. The Kier molecular flexibility index (Phi) is 6.88. The molecular formula is C16H25BrN2S. The van der Waals surface area contributed by atoms with Gasteiger partial charge in [0.05, 0.1) is 0 Å². The first kappa shape index (κ1) is 16.3. The first-order chi connectivity index (χ1) is 9.69. The van der Waals surface area contributed by atoms with Crippen molar-refractivity contribution in [1.29, 1.82) is 0 Å². The summed E-state index contributed by atoms with van der Waals surface area (Å²) in [6, 6.07) is 6.80. The molecule has 2 nitrogen and oxygen atoms in total. The van der Waals surface area contributed by atoms with E-state index in [4.69, 9.17) is 0 Å². The highest BCUT2D eigenvalue weighted by Gasteiger charge is 2.17. The van der Waals surface area contributed by atoms with Gasteiger partial charge in [-0.2, -0.15) is 11.8 Å². The number of thioether (sulfide) groups is 1. The Hall–Kier alpha value is -0.0300. The van der Waals surface area contributed by atoms with E-state index >= 15 is 0 Å². The van der Waals surface area contributed by atoms with Crippen LogP contribution < -0.4 is 5.32 Å². The van der Waals surface area contributed by atoms with Crippen molar-refractivity contribution in [2.45, 2.75) is 38.6 Å². The van der Waals surface area contributed by atoms with E-state index in [0.29, 0.717) is 0 Å². The summed E-state index contributed by atoms with van der Waals surface area (Å²) in [7, 11) is 0. The second kappa shape index (κ2) is 8.42. The molecule has 1 aliphatic rings. The molecule has 1 aromatic carbocycles. The van der Waals surface area contributed by atoms with Gasteiger partial charge in [-0.15, -0.1) is 0 Å². The molecule has 1 atom stereocenters. The van der Waals surface area contributed by atoms with Gasteiger partial charge < -0.3 is 5.32 Å². The lowest BCUT2D eigenvalue weighted by Crippen LogP contribution is -2.36. The average Bonchev–Trinajstić information content (AvgIpc) is 2.42. The average molecular weight is 357 g/mol. The summed E-state index contributed by atoms with van der Waals surface area (Å²) in [5.41, 5.74) is 2.76. The highest BCUT2D eigenvalue weighted by molar-refractivity contribution is 9.10. The van der Waals surface area contributed by atoms with Crippen LogP contribution in [0, 0.1) is 0 Å². The Morgan fingerprint density at radius 2 is 2.30 bits per heavy atom. The van der Waals surface area contributed by atoms with Gasteiger partial charge in [0.2, 0.25) is 0 Å². The molecule has 0 bridgehead atoms. The summed E-state index contributed by atoms with van der Waals surface area (Å²) >= 11 is 5.83. The fraction of sp³-hybridized carbons (Fsp3) is 0.625. The molecule has 0 aromatic heterocycles. The highest BCUT2D eigenvalue weighted by Crippen LogP contribution is 2.24. The van der Waals surface area contributed by atoms with Crippen LogP contribution in [-0.2, 0) is 13.1 Å². The van der Waals surface area contributed by atoms with Crippen molar-refractivity contribution in [2.24, 2.45) is 0 Å². The zero-order valence-electron chi connectivity index (χ0n) is 12.5. The normalized spacial score (nSPS) is 20.2. The first-order valence-corrected chi connectivity index (χ1v) is 9.35. The molecular weight excluding hydrogens is 332 g/mol. The molecule has 0 amide bonds. The van der Waals surface area contributed by atoms with Crippen molar-refractivity contribution in [2.75, 3.05) is 25.4 Å². The quantitative estimate of drug-likeness (QED) is 0.778. The maximum Gasteiger partial charge on any atom is 0.0245 e. The molecule has 4 heteroatoms. The topological polar surface area (TPSA) is 15.3 Å². The Morgan fingerprint density at radius 3 is 3.00 bits per heavy atom. The van der Waals surface area contributed by atoms with Crippen molar-refractivity contribution < 1.29 is 0 Å². The van der Waals surface area contributed by atoms with E-state index in [9.17, 15) is 0 Å². The van der Waals surface area contributed by atoms with E-state index in [2.05, 4.69) is 70.0 Å². The van der Waals surface area contributed by atoms with Crippen molar-refractivity contribution in [3.05, 3.63) is 33.8 Å². The minimum absolute atomic E-state index is 0.764. The van der Waals surface area contributed by atoms with Crippen LogP contribution in [-0.4, -0.2) is 35.5 Å². The fourth-order valence-corrected chi connectivity index (χ4v) is 4.15. The van der Waals surface area contributed by atoms with Crippen LogP contribution in [0.3, 0.4) is 0 Å². The summed E-state index contributed by atoms with van der Waals surface area (Å²) in [6.07, 6.45) is 1.18. The van der Waals surface area contributed by atoms with Gasteiger partial charge in [-0.05, 0) is 30.2 Å². The van der Waals surface area contributed by atoms with Crippen LogP contribution in [0.15, 0.2) is 22.7 Å². The van der Waals surface area contributed by atoms with E-state index < -0.39 is 0 Å². The van der Waals surface area contributed by atoms with Gasteiger partial charge >= 0.3 is 0 Å². The third-order valence-electron chi connectivity index (χ3n) is 3.59. The Bertz CT molecular complexity index is 425. The third-order valence-corrected chi connectivity index (χ3v) is 5.47. The van der Waals surface area contributed by atoms with Crippen molar-refractivity contribution in [3.63, 3.8) is 0 Å². The molecule has 0 aliphatic carbocycles. The molecule has 1 aromatic rings. The smallest absolute Gasteiger partial charge is 0.0245 e. The number of nitrogens with one attached hydrogen (secondary N) is 1. The molecule has 20 heavy (non-hydrogen) atoms. The Morgan fingerprint density at radius 1 is 1.45 bits per heavy atom. The molecule has 1 unspecified atom stereocenters. The van der Waals surface area contributed by atoms with Crippen LogP contribution in [0.2, 0.25) is 0 Å². The molecule has 0 radical (unpaired) electrons. The van der Waals surface area contributed by atoms with Crippen LogP contribution in [0.1, 0.15) is 31.4 Å². The maximum absolute atomic E-state index is 3.74. The predicted molar refractivity (Wildman–Crippen MR) is 93.3 cm³/mol. The number of rotatable bonds is 6. The number of hydrogen-bond donors (Lipinski definition) is 1. The number of benzene rings is 1. The second-order valence-electron chi connectivity index (χ2n) is 5.52. The Balaban J connectivity index is 1.91. The largest absolute Gasteiger partial charge is 0.313 e. The Labute approximate surface area is 135 Å². The van der Waals surface area contributed by atoms with Crippen molar-refractivity contribution in [3.8, 4) is 0 Å². The molecule has 0 saturated carbocycles. The fourth-order valence-electron chi connectivity index (χ4n) is 2.51. The van der Waals surface area contributed by atoms with E-state index in [1.165, 1.54) is 40.9 Å². The first-order valence-electron chi connectivity index (χ1n) is 7.51. The molecule has 2 rings (SSSR count). The summed E-state index contributed by atoms with van der Waals surface area (Å²) in [5.74, 6) is 1.26. The second-order valence-corrected chi connectivity index (χ2v) is 7.92. The lowest BCUT2D eigenvalue weighted by molar-refractivity contribution is 0.278. The molecule has 112 valence electrons. The minimum Gasteiger partial charge on any atom is -0.313 e. The van der Waals surface area contributed by atoms with Gasteiger partial charge in [0.25, 0.3) is 0 Å². The zero-order valence-corrected chi connectivity index (χ0v) is 14.9. The number of hydrogen-bond acceptors (Lipinski definition) is 3. The van der Waals surface area contributed by atoms with Gasteiger partial charge in [-0.3, -0.25) is 4.90 Å². The summed E-state index contributed by atoms with van der Waals surface area (Å²) in [4.78, 5) is 2.57. The lowest BCUT2D eigenvalue weighted by atomic mass is 10.1. The van der Waals surface area contributed by atoms with Crippen molar-refractivity contribution >= 4 is 27.7 Å². The molecule has 1 aliphatic heterocycles. The summed E-state index contributed by atoms with van der Waals surface area (Å²) in [5, 5.41) is 4.22. The van der Waals surface area contributed by atoms with E-state index in [-0.39, 0.29) is 0 Å². The maximum atomic E-state index is 3.74.